The normalized spacial score (nSPS) is 12.2. The summed E-state index contributed by atoms with van der Waals surface area (Å²) in [5, 5.41) is 2.73. The molecule has 0 saturated carbocycles. The molecular weight excluding hydrogens is 431 g/mol. The Morgan fingerprint density at radius 3 is 2.36 bits per heavy atom. The van der Waals surface area contributed by atoms with E-state index in [0.717, 1.165) is 23.3 Å². The lowest BCUT2D eigenvalue weighted by Gasteiger charge is -2.33. The van der Waals surface area contributed by atoms with E-state index in [0.29, 0.717) is 31.0 Å². The summed E-state index contributed by atoms with van der Waals surface area (Å²) in [7, 11) is 3.10. The number of rotatable bonds is 9. The van der Waals surface area contributed by atoms with E-state index in [9.17, 15) is 18.0 Å². The number of ether oxygens (including phenoxy) is 1. The number of anilines is 1. The van der Waals surface area contributed by atoms with Crippen LogP contribution in [0.3, 0.4) is 0 Å². The fraction of sp³-hybridized carbons (Fsp3) is 0.280. The van der Waals surface area contributed by atoms with Crippen molar-refractivity contribution in [3.63, 3.8) is 0 Å². The molecule has 0 radical (unpaired) electrons. The number of carbonyl (C=O) groups excluding carboxylic acids is 1. The molecule has 1 N–H and O–H groups in total. The van der Waals surface area contributed by atoms with E-state index in [-0.39, 0.29) is 5.91 Å². The molecule has 0 saturated heterocycles. The molecule has 0 aliphatic heterocycles. The summed E-state index contributed by atoms with van der Waals surface area (Å²) in [5.74, 6) is 0.193. The van der Waals surface area contributed by atoms with E-state index < -0.39 is 17.8 Å². The Balaban J connectivity index is 1.88. The molecule has 1 heterocycles. The molecule has 3 aromatic rings. The number of likely N-dealkylation sites (N-methyl/N-ethyl adjacent to an activating group) is 1. The van der Waals surface area contributed by atoms with Gasteiger partial charge < -0.3 is 15.0 Å². The lowest BCUT2D eigenvalue weighted by atomic mass is 10.0. The number of alkyl halides is 3. The quantitative estimate of drug-likeness (QED) is 0.489. The number of benzene rings is 2. The van der Waals surface area contributed by atoms with Crippen molar-refractivity contribution in [2.75, 3.05) is 25.6 Å². The zero-order valence-electron chi connectivity index (χ0n) is 18.5. The van der Waals surface area contributed by atoms with Crippen molar-refractivity contribution in [2.24, 2.45) is 0 Å². The summed E-state index contributed by atoms with van der Waals surface area (Å²) >= 11 is 0. The number of amides is 1. The van der Waals surface area contributed by atoms with E-state index in [1.54, 1.807) is 19.3 Å². The number of hydrogen-bond acceptors (Lipinski definition) is 4. The lowest BCUT2D eigenvalue weighted by Crippen LogP contribution is -2.40. The van der Waals surface area contributed by atoms with Gasteiger partial charge in [0.2, 0.25) is 11.8 Å². The van der Waals surface area contributed by atoms with Gasteiger partial charge in [0.15, 0.2) is 0 Å². The third kappa shape index (κ3) is 6.03. The average molecular weight is 457 g/mol. The van der Waals surface area contributed by atoms with Crippen LogP contribution in [-0.4, -0.2) is 31.6 Å². The molecule has 5 nitrogen and oxygen atoms in total. The van der Waals surface area contributed by atoms with Gasteiger partial charge in [-0.15, -0.1) is 0 Å². The Bertz CT molecular complexity index is 1040. The Kier molecular flexibility index (Phi) is 7.92. The molecule has 1 aromatic heterocycles. The maximum absolute atomic E-state index is 13.0. The maximum atomic E-state index is 13.0. The zero-order valence-corrected chi connectivity index (χ0v) is 18.5. The zero-order chi connectivity index (χ0) is 23.8. The van der Waals surface area contributed by atoms with Crippen molar-refractivity contribution < 1.29 is 22.7 Å². The number of nitrogens with one attached hydrogen (secondary N) is 1. The first-order valence-electron chi connectivity index (χ1n) is 10.5. The predicted octanol–water partition coefficient (Wildman–Crippen LogP) is 5.04. The second-order valence-corrected chi connectivity index (χ2v) is 7.45. The van der Waals surface area contributed by atoms with Crippen LogP contribution in [0.5, 0.6) is 5.88 Å². The second kappa shape index (κ2) is 10.8. The van der Waals surface area contributed by atoms with Gasteiger partial charge in [-0.1, -0.05) is 42.5 Å². The molecule has 33 heavy (non-hydrogen) atoms. The maximum Gasteiger partial charge on any atom is 0.416 e. The second-order valence-electron chi connectivity index (χ2n) is 7.45. The van der Waals surface area contributed by atoms with Crippen LogP contribution in [0.1, 0.15) is 29.2 Å². The fourth-order valence-electron chi connectivity index (χ4n) is 3.71. The molecule has 0 bridgehead atoms. The highest BCUT2D eigenvalue weighted by atomic mass is 19.4. The van der Waals surface area contributed by atoms with Crippen molar-refractivity contribution in [1.82, 2.24) is 10.3 Å². The topological polar surface area (TPSA) is 54.5 Å². The van der Waals surface area contributed by atoms with Gasteiger partial charge in [0.1, 0.15) is 11.7 Å². The lowest BCUT2D eigenvalue weighted by molar-refractivity contribution is -0.137. The van der Waals surface area contributed by atoms with Crippen LogP contribution >= 0.6 is 0 Å². The number of methoxy groups -OCH3 is 1. The van der Waals surface area contributed by atoms with Crippen LogP contribution < -0.4 is 15.0 Å². The number of aryl methyl sites for hydroxylation is 1. The van der Waals surface area contributed by atoms with Gasteiger partial charge in [-0.05, 0) is 48.2 Å². The van der Waals surface area contributed by atoms with Crippen LogP contribution in [0.25, 0.3) is 0 Å². The molecule has 0 aliphatic carbocycles. The average Bonchev–Trinajstić information content (AvgIpc) is 2.83. The van der Waals surface area contributed by atoms with E-state index in [1.165, 1.54) is 19.2 Å². The van der Waals surface area contributed by atoms with Gasteiger partial charge >= 0.3 is 6.18 Å². The number of pyridine rings is 1. The minimum Gasteiger partial charge on any atom is -0.480 e. The predicted molar refractivity (Wildman–Crippen MR) is 121 cm³/mol. The molecule has 174 valence electrons. The summed E-state index contributed by atoms with van der Waals surface area (Å²) in [5.41, 5.74) is 1.58. The third-order valence-electron chi connectivity index (χ3n) is 5.32. The van der Waals surface area contributed by atoms with Crippen LogP contribution in [0.2, 0.25) is 0 Å². The number of hydrogen-bond donors (Lipinski definition) is 1. The third-order valence-corrected chi connectivity index (χ3v) is 5.32. The van der Waals surface area contributed by atoms with Crippen molar-refractivity contribution in [2.45, 2.75) is 25.1 Å². The van der Waals surface area contributed by atoms with Crippen LogP contribution in [0, 0.1) is 0 Å². The van der Waals surface area contributed by atoms with Crippen molar-refractivity contribution in [1.29, 1.82) is 0 Å². The molecule has 1 atom stereocenters. The molecule has 2 aromatic carbocycles. The van der Waals surface area contributed by atoms with Crippen LogP contribution in [-0.2, 0) is 17.4 Å². The van der Waals surface area contributed by atoms with E-state index >= 15 is 0 Å². The molecule has 0 unspecified atom stereocenters. The van der Waals surface area contributed by atoms with Crippen LogP contribution in [0.15, 0.2) is 72.9 Å². The first-order chi connectivity index (χ1) is 15.8. The summed E-state index contributed by atoms with van der Waals surface area (Å²) in [6.07, 6.45) is -1.60. The van der Waals surface area contributed by atoms with Gasteiger partial charge in [-0.25, -0.2) is 4.98 Å². The van der Waals surface area contributed by atoms with Crippen molar-refractivity contribution in [3.8, 4) is 5.88 Å². The molecular formula is C25H26F3N3O2. The summed E-state index contributed by atoms with van der Waals surface area (Å²) in [6.45, 7) is 0.454. The molecule has 0 fully saturated rings. The molecule has 0 spiro atoms. The molecule has 3 rings (SSSR count). The largest absolute Gasteiger partial charge is 0.480 e. The summed E-state index contributed by atoms with van der Waals surface area (Å²) in [6, 6.07) is 17.5. The number of carbonyl (C=O) groups is 1. The van der Waals surface area contributed by atoms with Gasteiger partial charge in [0.05, 0.1) is 12.7 Å². The number of aromatic nitrogens is 1. The Morgan fingerprint density at radius 2 is 1.76 bits per heavy atom. The standard InChI is InChI=1S/C25H26F3N3O2/c1-29-23(32)22(19-9-4-3-5-10-19)31(21-11-6-16-30-24(21)33-2)17-7-8-18-12-14-20(15-13-18)25(26,27)28/h3-6,9-16,22H,7-8,17H2,1-2H3,(H,29,32)/t22-/m0/s1. The monoisotopic (exact) mass is 457 g/mol. The van der Waals surface area contributed by atoms with E-state index in [1.807, 2.05) is 41.3 Å². The minimum atomic E-state index is -4.36. The van der Waals surface area contributed by atoms with E-state index in [2.05, 4.69) is 10.3 Å². The Morgan fingerprint density at radius 1 is 1.06 bits per heavy atom. The smallest absolute Gasteiger partial charge is 0.416 e. The number of nitrogens with zero attached hydrogens (tertiary/aromatic N) is 2. The number of halogens is 3. The van der Waals surface area contributed by atoms with Crippen molar-refractivity contribution in [3.05, 3.63) is 89.6 Å². The van der Waals surface area contributed by atoms with E-state index in [4.69, 9.17) is 4.74 Å². The highest BCUT2D eigenvalue weighted by Crippen LogP contribution is 2.34. The van der Waals surface area contributed by atoms with Gasteiger partial charge in [0, 0.05) is 19.8 Å². The van der Waals surface area contributed by atoms with Crippen molar-refractivity contribution >= 4 is 11.6 Å². The first-order valence-corrected chi connectivity index (χ1v) is 10.5. The first kappa shape index (κ1) is 24.1. The van der Waals surface area contributed by atoms with Crippen LogP contribution in [0.4, 0.5) is 18.9 Å². The highest BCUT2D eigenvalue weighted by Gasteiger charge is 2.31. The van der Waals surface area contributed by atoms with Gasteiger partial charge in [-0.3, -0.25) is 4.79 Å². The minimum absolute atomic E-state index is 0.193. The Labute approximate surface area is 191 Å². The SMILES string of the molecule is CNC(=O)[C@H](c1ccccc1)N(CCCc1ccc(C(F)(F)F)cc1)c1cccnc1OC. The molecule has 1 amide bonds. The fourth-order valence-corrected chi connectivity index (χ4v) is 3.71. The summed E-state index contributed by atoms with van der Waals surface area (Å²) in [4.78, 5) is 19.2. The Hall–Kier alpha value is -3.55. The summed E-state index contributed by atoms with van der Waals surface area (Å²) < 4.78 is 43.9. The van der Waals surface area contributed by atoms with Gasteiger partial charge in [-0.2, -0.15) is 13.2 Å². The molecule has 8 heteroatoms. The molecule has 0 aliphatic rings. The van der Waals surface area contributed by atoms with Gasteiger partial charge in [0.25, 0.3) is 0 Å². The highest BCUT2D eigenvalue weighted by molar-refractivity contribution is 5.87.